The molecule has 0 saturated carbocycles. The van der Waals surface area contributed by atoms with Crippen molar-refractivity contribution in [2.45, 2.75) is 13.3 Å². The zero-order chi connectivity index (χ0) is 14.1. The predicted octanol–water partition coefficient (Wildman–Crippen LogP) is 0.894. The van der Waals surface area contributed by atoms with E-state index in [-0.39, 0.29) is 5.56 Å². The van der Waals surface area contributed by atoms with Crippen molar-refractivity contribution in [2.24, 2.45) is 5.73 Å². The zero-order valence-electron chi connectivity index (χ0n) is 11.1. The van der Waals surface area contributed by atoms with Crippen LogP contribution in [0.25, 0.3) is 17.0 Å². The first-order valence-corrected chi connectivity index (χ1v) is 6.43. The Kier molecular flexibility index (Phi) is 3.08. The maximum atomic E-state index is 12.2. The van der Waals surface area contributed by atoms with Crippen molar-refractivity contribution in [3.05, 3.63) is 52.1 Å². The maximum absolute atomic E-state index is 12.2. The molecule has 3 aromatic rings. The number of aromatic nitrogens is 4. The molecule has 102 valence electrons. The highest BCUT2D eigenvalue weighted by molar-refractivity contribution is 5.60. The number of benzene rings is 1. The summed E-state index contributed by atoms with van der Waals surface area (Å²) in [5.41, 5.74) is 8.07. The molecule has 0 radical (unpaired) electrons. The van der Waals surface area contributed by atoms with E-state index in [2.05, 4.69) is 15.2 Å². The van der Waals surface area contributed by atoms with Gasteiger partial charge in [0.2, 0.25) is 5.78 Å². The van der Waals surface area contributed by atoms with E-state index in [4.69, 9.17) is 5.73 Å². The quantitative estimate of drug-likeness (QED) is 0.739. The Morgan fingerprint density at radius 2 is 2.05 bits per heavy atom. The first-order chi connectivity index (χ1) is 9.69. The molecule has 0 unspecified atom stereocenters. The average molecular weight is 269 g/mol. The van der Waals surface area contributed by atoms with Crippen molar-refractivity contribution in [3.8, 4) is 11.3 Å². The molecule has 0 saturated heterocycles. The van der Waals surface area contributed by atoms with Crippen LogP contribution in [0.4, 0.5) is 0 Å². The minimum Gasteiger partial charge on any atom is -0.330 e. The molecular formula is C14H15N5O. The van der Waals surface area contributed by atoms with Crippen LogP contribution in [0, 0.1) is 6.92 Å². The van der Waals surface area contributed by atoms with E-state index >= 15 is 0 Å². The van der Waals surface area contributed by atoms with E-state index in [0.717, 1.165) is 5.56 Å². The van der Waals surface area contributed by atoms with E-state index in [0.29, 0.717) is 30.3 Å². The summed E-state index contributed by atoms with van der Waals surface area (Å²) in [6.07, 6.45) is 0.533. The second-order valence-electron chi connectivity index (χ2n) is 4.68. The number of aryl methyl sites for hydroxylation is 1. The van der Waals surface area contributed by atoms with Crippen LogP contribution in [0.1, 0.15) is 11.4 Å². The number of hydrogen-bond acceptors (Lipinski definition) is 4. The first-order valence-electron chi connectivity index (χ1n) is 6.43. The Balaban J connectivity index is 2.15. The van der Waals surface area contributed by atoms with E-state index < -0.39 is 0 Å². The fourth-order valence-corrected chi connectivity index (χ4v) is 2.14. The van der Waals surface area contributed by atoms with Crippen molar-refractivity contribution < 1.29 is 0 Å². The third kappa shape index (κ3) is 2.10. The second kappa shape index (κ2) is 4.90. The third-order valence-electron chi connectivity index (χ3n) is 3.18. The Morgan fingerprint density at radius 1 is 1.30 bits per heavy atom. The van der Waals surface area contributed by atoms with Crippen LogP contribution in [-0.4, -0.2) is 26.1 Å². The van der Waals surface area contributed by atoms with Crippen molar-refractivity contribution in [2.75, 3.05) is 6.54 Å². The van der Waals surface area contributed by atoms with Crippen LogP contribution in [0.3, 0.4) is 0 Å². The van der Waals surface area contributed by atoms with Crippen LogP contribution in [0.2, 0.25) is 0 Å². The van der Waals surface area contributed by atoms with E-state index in [1.807, 2.05) is 31.2 Å². The second-order valence-corrected chi connectivity index (χ2v) is 4.68. The molecule has 0 bridgehead atoms. The Labute approximate surface area is 115 Å². The van der Waals surface area contributed by atoms with Gasteiger partial charge < -0.3 is 5.73 Å². The van der Waals surface area contributed by atoms with Gasteiger partial charge in [0.05, 0.1) is 5.69 Å². The molecular weight excluding hydrogens is 254 g/mol. The lowest BCUT2D eigenvalue weighted by Crippen LogP contribution is -2.17. The van der Waals surface area contributed by atoms with Gasteiger partial charge in [-0.2, -0.15) is 5.10 Å². The Morgan fingerprint density at radius 3 is 2.75 bits per heavy atom. The number of nitrogens with two attached hydrogens (primary N) is 1. The summed E-state index contributed by atoms with van der Waals surface area (Å²) in [5.74, 6) is 1.05. The van der Waals surface area contributed by atoms with E-state index in [1.165, 1.54) is 16.0 Å². The highest BCUT2D eigenvalue weighted by atomic mass is 16.1. The lowest BCUT2D eigenvalue weighted by atomic mass is 10.1. The predicted molar refractivity (Wildman–Crippen MR) is 76.5 cm³/mol. The van der Waals surface area contributed by atoms with Gasteiger partial charge in [0.25, 0.3) is 5.56 Å². The van der Waals surface area contributed by atoms with Gasteiger partial charge in [-0.25, -0.2) is 14.5 Å². The molecule has 0 aliphatic heterocycles. The highest BCUT2D eigenvalue weighted by Crippen LogP contribution is 2.16. The number of hydrogen-bond donors (Lipinski definition) is 2. The van der Waals surface area contributed by atoms with Crippen LogP contribution in [-0.2, 0) is 6.42 Å². The molecule has 0 fully saturated rings. The van der Waals surface area contributed by atoms with Crippen molar-refractivity contribution in [1.82, 2.24) is 19.6 Å². The summed E-state index contributed by atoms with van der Waals surface area (Å²) in [4.78, 5) is 16.7. The molecule has 6 heteroatoms. The summed E-state index contributed by atoms with van der Waals surface area (Å²) in [6.45, 7) is 2.45. The number of nitrogens with zero attached hydrogens (tertiary/aromatic N) is 3. The number of H-pyrrole nitrogens is 1. The van der Waals surface area contributed by atoms with Gasteiger partial charge in [-0.05, 0) is 13.5 Å². The number of fused-ring (bicyclic) bond motifs is 1. The molecule has 3 N–H and O–H groups in total. The minimum atomic E-state index is -0.150. The average Bonchev–Trinajstić information content (AvgIpc) is 2.84. The fraction of sp³-hybridized carbons (Fsp3) is 0.214. The Bertz CT molecular complexity index is 801. The van der Waals surface area contributed by atoms with Gasteiger partial charge >= 0.3 is 0 Å². The number of rotatable bonds is 3. The Hall–Kier alpha value is -2.47. The topological polar surface area (TPSA) is 89.1 Å². The fourth-order valence-electron chi connectivity index (χ4n) is 2.14. The van der Waals surface area contributed by atoms with Crippen molar-refractivity contribution in [3.63, 3.8) is 0 Å². The van der Waals surface area contributed by atoms with Crippen LogP contribution < -0.4 is 11.3 Å². The molecule has 6 nitrogen and oxygen atoms in total. The van der Waals surface area contributed by atoms with Crippen LogP contribution in [0.5, 0.6) is 0 Å². The number of nitrogens with one attached hydrogen (secondary N) is 1. The lowest BCUT2D eigenvalue weighted by Gasteiger charge is -2.02. The van der Waals surface area contributed by atoms with Gasteiger partial charge in [-0.1, -0.05) is 29.8 Å². The summed E-state index contributed by atoms with van der Waals surface area (Å²) in [6, 6.07) is 9.40. The molecule has 0 amide bonds. The van der Waals surface area contributed by atoms with Gasteiger partial charge in [0, 0.05) is 18.1 Å². The summed E-state index contributed by atoms with van der Waals surface area (Å²) in [5, 5.41) is 6.87. The SMILES string of the molecule is Cc1ccc(-c2cc(=O)n3c(CCN)n[nH]c3n2)cc1. The van der Waals surface area contributed by atoms with Gasteiger partial charge in [-0.3, -0.25) is 4.79 Å². The summed E-state index contributed by atoms with van der Waals surface area (Å²) < 4.78 is 1.46. The number of aromatic amines is 1. The lowest BCUT2D eigenvalue weighted by molar-refractivity contribution is 0.836. The van der Waals surface area contributed by atoms with E-state index in [9.17, 15) is 4.79 Å². The molecule has 0 aliphatic carbocycles. The van der Waals surface area contributed by atoms with Gasteiger partial charge in [-0.15, -0.1) is 0 Å². The van der Waals surface area contributed by atoms with Crippen molar-refractivity contribution >= 4 is 5.78 Å². The zero-order valence-corrected chi connectivity index (χ0v) is 11.1. The normalized spacial score (nSPS) is 11.1. The standard InChI is InChI=1S/C14H15N5O/c1-9-2-4-10(5-3-9)11-8-13(20)19-12(6-7-15)17-18-14(19)16-11/h2-5,8H,6-7,15H2,1H3,(H,16,18). The minimum absolute atomic E-state index is 0.150. The molecule has 2 heterocycles. The maximum Gasteiger partial charge on any atom is 0.261 e. The van der Waals surface area contributed by atoms with Crippen LogP contribution >= 0.6 is 0 Å². The molecule has 0 atom stereocenters. The van der Waals surface area contributed by atoms with Gasteiger partial charge in [0.15, 0.2) is 0 Å². The van der Waals surface area contributed by atoms with Crippen LogP contribution in [0.15, 0.2) is 35.1 Å². The molecule has 2 aromatic heterocycles. The largest absolute Gasteiger partial charge is 0.330 e. The van der Waals surface area contributed by atoms with Gasteiger partial charge in [0.1, 0.15) is 5.82 Å². The third-order valence-corrected chi connectivity index (χ3v) is 3.18. The molecule has 0 spiro atoms. The monoisotopic (exact) mass is 269 g/mol. The highest BCUT2D eigenvalue weighted by Gasteiger charge is 2.10. The molecule has 1 aromatic carbocycles. The first kappa shape index (κ1) is 12.6. The smallest absolute Gasteiger partial charge is 0.261 e. The van der Waals surface area contributed by atoms with E-state index in [1.54, 1.807) is 0 Å². The summed E-state index contributed by atoms with van der Waals surface area (Å²) >= 11 is 0. The molecule has 3 rings (SSSR count). The molecule has 20 heavy (non-hydrogen) atoms. The van der Waals surface area contributed by atoms with Crippen molar-refractivity contribution in [1.29, 1.82) is 0 Å². The molecule has 0 aliphatic rings. The summed E-state index contributed by atoms with van der Waals surface area (Å²) in [7, 11) is 0.